The first-order valence-corrected chi connectivity index (χ1v) is 8.17. The molecule has 0 amide bonds. The van der Waals surface area contributed by atoms with Gasteiger partial charge in [-0.15, -0.1) is 11.3 Å². The number of anilines is 1. The van der Waals surface area contributed by atoms with Crippen LogP contribution >= 0.6 is 11.3 Å². The van der Waals surface area contributed by atoms with Crippen LogP contribution in [0.5, 0.6) is 0 Å². The van der Waals surface area contributed by atoms with E-state index in [9.17, 15) is 18.3 Å². The second-order valence-corrected chi connectivity index (χ2v) is 6.05. The van der Waals surface area contributed by atoms with Crippen LogP contribution < -0.4 is 5.32 Å². The Morgan fingerprint density at radius 1 is 1.21 bits per heavy atom. The number of nitrogens with one attached hydrogen (secondary N) is 1. The second-order valence-electron chi connectivity index (χ2n) is 5.16. The third-order valence-electron chi connectivity index (χ3n) is 3.59. The first-order chi connectivity index (χ1) is 11.5. The molecule has 2 heterocycles. The first kappa shape index (κ1) is 16.7. The van der Waals surface area contributed by atoms with Crippen LogP contribution in [0.25, 0.3) is 10.2 Å². The van der Waals surface area contributed by atoms with Crippen molar-refractivity contribution in [3.05, 3.63) is 52.4 Å². The number of nitrogens with zero attached hydrogens (tertiary/aromatic N) is 2. The van der Waals surface area contributed by atoms with E-state index < -0.39 is 30.1 Å². The number of aliphatic hydroxyl groups is 1. The van der Waals surface area contributed by atoms with E-state index in [4.69, 9.17) is 0 Å². The molecule has 0 spiro atoms. The van der Waals surface area contributed by atoms with Crippen LogP contribution in [-0.4, -0.2) is 21.7 Å². The molecule has 4 nitrogen and oxygen atoms in total. The minimum absolute atomic E-state index is 0.0916. The number of aryl methyl sites for hydroxylation is 1. The molecule has 3 aromatic rings. The number of halogens is 3. The molecule has 0 aliphatic carbocycles. The van der Waals surface area contributed by atoms with Crippen LogP contribution in [0.3, 0.4) is 0 Å². The molecule has 0 fully saturated rings. The van der Waals surface area contributed by atoms with Crippen molar-refractivity contribution in [2.75, 3.05) is 11.9 Å². The first-order valence-electron chi connectivity index (χ1n) is 7.29. The van der Waals surface area contributed by atoms with Gasteiger partial charge in [0.15, 0.2) is 17.5 Å². The van der Waals surface area contributed by atoms with Crippen LogP contribution in [-0.2, 0) is 6.42 Å². The fraction of sp³-hybridized carbons (Fsp3) is 0.250. The highest BCUT2D eigenvalue weighted by molar-refractivity contribution is 7.16. The molecule has 0 saturated carbocycles. The lowest BCUT2D eigenvalue weighted by Gasteiger charge is -2.18. The highest BCUT2D eigenvalue weighted by atomic mass is 32.1. The monoisotopic (exact) mass is 353 g/mol. The highest BCUT2D eigenvalue weighted by Gasteiger charge is 2.19. The molecule has 0 saturated heterocycles. The van der Waals surface area contributed by atoms with Crippen LogP contribution in [0.2, 0.25) is 0 Å². The van der Waals surface area contributed by atoms with Crippen LogP contribution in [0.1, 0.15) is 24.4 Å². The molecule has 24 heavy (non-hydrogen) atoms. The molecule has 126 valence electrons. The normalized spacial score (nSPS) is 12.5. The molecule has 2 aromatic heterocycles. The summed E-state index contributed by atoms with van der Waals surface area (Å²) in [5.74, 6) is -3.07. The van der Waals surface area contributed by atoms with Gasteiger partial charge in [-0.1, -0.05) is 6.92 Å². The third-order valence-corrected chi connectivity index (χ3v) is 4.40. The molecule has 3 rings (SSSR count). The molecular weight excluding hydrogens is 339 g/mol. The maximum atomic E-state index is 13.4. The van der Waals surface area contributed by atoms with E-state index in [0.717, 1.165) is 22.3 Å². The number of fused-ring (bicyclic) bond motifs is 1. The van der Waals surface area contributed by atoms with E-state index in [1.807, 2.05) is 18.4 Å². The quantitative estimate of drug-likeness (QED) is 0.685. The Morgan fingerprint density at radius 3 is 2.54 bits per heavy atom. The highest BCUT2D eigenvalue weighted by Crippen LogP contribution is 2.29. The lowest BCUT2D eigenvalue weighted by molar-refractivity contribution is 0.275. The maximum Gasteiger partial charge on any atom is 0.194 e. The van der Waals surface area contributed by atoms with Gasteiger partial charge in [-0.05, 0) is 29.1 Å². The molecule has 2 N–H and O–H groups in total. The fourth-order valence-electron chi connectivity index (χ4n) is 2.34. The summed E-state index contributed by atoms with van der Waals surface area (Å²) >= 11 is 1.45. The van der Waals surface area contributed by atoms with Gasteiger partial charge < -0.3 is 10.4 Å². The third kappa shape index (κ3) is 3.07. The van der Waals surface area contributed by atoms with Crippen LogP contribution in [0.4, 0.5) is 19.0 Å². The average Bonchev–Trinajstić information content (AvgIpc) is 3.05. The lowest BCUT2D eigenvalue weighted by atomic mass is 10.1. The van der Waals surface area contributed by atoms with Gasteiger partial charge in [-0.25, -0.2) is 23.1 Å². The number of thiophene rings is 1. The number of aliphatic hydroxyl groups excluding tert-OH is 1. The van der Waals surface area contributed by atoms with Crippen molar-refractivity contribution in [2.24, 2.45) is 0 Å². The predicted octanol–water partition coefficient (Wildman–Crippen LogP) is 3.82. The van der Waals surface area contributed by atoms with Crippen molar-refractivity contribution in [3.63, 3.8) is 0 Å². The van der Waals surface area contributed by atoms with Gasteiger partial charge >= 0.3 is 0 Å². The van der Waals surface area contributed by atoms with Crippen molar-refractivity contribution in [2.45, 2.75) is 19.4 Å². The minimum Gasteiger partial charge on any atom is -0.394 e. The Kier molecular flexibility index (Phi) is 4.68. The Bertz CT molecular complexity index is 861. The maximum absolute atomic E-state index is 13.4. The van der Waals surface area contributed by atoms with Crippen LogP contribution in [0, 0.1) is 17.5 Å². The van der Waals surface area contributed by atoms with E-state index in [0.29, 0.717) is 18.1 Å². The molecule has 1 unspecified atom stereocenters. The summed E-state index contributed by atoms with van der Waals surface area (Å²) in [7, 11) is 0. The van der Waals surface area contributed by atoms with Gasteiger partial charge in [0.1, 0.15) is 16.5 Å². The Morgan fingerprint density at radius 2 is 1.92 bits per heavy atom. The van der Waals surface area contributed by atoms with E-state index >= 15 is 0 Å². The van der Waals surface area contributed by atoms with Crippen LogP contribution in [0.15, 0.2) is 23.6 Å². The summed E-state index contributed by atoms with van der Waals surface area (Å²) in [6.45, 7) is 1.47. The van der Waals surface area contributed by atoms with E-state index in [-0.39, 0.29) is 5.56 Å². The zero-order chi connectivity index (χ0) is 17.3. The SMILES string of the molecule is CCc1nc(NC(CO)c2cc(F)c(F)c(F)c2)c2ccsc2n1. The van der Waals surface area contributed by atoms with Gasteiger partial charge in [-0.2, -0.15) is 0 Å². The van der Waals surface area contributed by atoms with Crippen molar-refractivity contribution in [1.82, 2.24) is 9.97 Å². The standard InChI is InChI=1S/C16H14F3N3OS/c1-2-13-21-15(9-3-4-24-16(9)22-13)20-12(7-23)8-5-10(17)14(19)11(18)6-8/h3-6,12,23H,2,7H2,1H3,(H,20,21,22). The topological polar surface area (TPSA) is 58.0 Å². The molecule has 0 bridgehead atoms. The number of benzene rings is 1. The molecular formula is C16H14F3N3OS. The number of rotatable bonds is 5. The number of hydrogen-bond donors (Lipinski definition) is 2. The van der Waals surface area contributed by atoms with Gasteiger partial charge in [-0.3, -0.25) is 0 Å². The van der Waals surface area contributed by atoms with E-state index in [1.54, 1.807) is 0 Å². The van der Waals surface area contributed by atoms with Crippen molar-refractivity contribution in [1.29, 1.82) is 0 Å². The summed E-state index contributed by atoms with van der Waals surface area (Å²) in [5.41, 5.74) is 0.0916. The van der Waals surface area contributed by atoms with Crippen molar-refractivity contribution >= 4 is 27.4 Å². The Balaban J connectivity index is 2.01. The zero-order valence-electron chi connectivity index (χ0n) is 12.7. The summed E-state index contributed by atoms with van der Waals surface area (Å²) < 4.78 is 40.0. The van der Waals surface area contributed by atoms with Gasteiger partial charge in [0.05, 0.1) is 18.0 Å². The van der Waals surface area contributed by atoms with Gasteiger partial charge in [0.2, 0.25) is 0 Å². The molecule has 1 aromatic carbocycles. The van der Waals surface area contributed by atoms with E-state index in [1.165, 1.54) is 11.3 Å². The summed E-state index contributed by atoms with van der Waals surface area (Å²) in [6.07, 6.45) is 0.617. The Hall–Kier alpha value is -2.19. The molecule has 8 heteroatoms. The smallest absolute Gasteiger partial charge is 0.194 e. The van der Waals surface area contributed by atoms with Gasteiger partial charge in [0.25, 0.3) is 0 Å². The second kappa shape index (κ2) is 6.74. The van der Waals surface area contributed by atoms with E-state index in [2.05, 4.69) is 15.3 Å². The fourth-order valence-corrected chi connectivity index (χ4v) is 3.13. The molecule has 0 aliphatic rings. The number of hydrogen-bond acceptors (Lipinski definition) is 5. The zero-order valence-corrected chi connectivity index (χ0v) is 13.5. The summed E-state index contributed by atoms with van der Waals surface area (Å²) in [6, 6.07) is 2.71. The van der Waals surface area contributed by atoms with Crippen molar-refractivity contribution in [3.8, 4) is 0 Å². The number of aromatic nitrogens is 2. The molecule has 0 radical (unpaired) electrons. The molecule has 1 atom stereocenters. The molecule has 0 aliphatic heterocycles. The largest absolute Gasteiger partial charge is 0.394 e. The average molecular weight is 353 g/mol. The summed E-state index contributed by atoms with van der Waals surface area (Å²) in [5, 5.41) is 15.2. The summed E-state index contributed by atoms with van der Waals surface area (Å²) in [4.78, 5) is 9.55. The Labute approximate surface area is 140 Å². The lowest BCUT2D eigenvalue weighted by Crippen LogP contribution is -2.17. The van der Waals surface area contributed by atoms with Crippen molar-refractivity contribution < 1.29 is 18.3 Å². The minimum atomic E-state index is -1.54. The predicted molar refractivity (Wildman–Crippen MR) is 86.6 cm³/mol. The van der Waals surface area contributed by atoms with Gasteiger partial charge in [0, 0.05) is 6.42 Å².